The summed E-state index contributed by atoms with van der Waals surface area (Å²) in [6, 6.07) is 0.131. The van der Waals surface area contributed by atoms with Crippen molar-refractivity contribution < 1.29 is 4.79 Å². The summed E-state index contributed by atoms with van der Waals surface area (Å²) >= 11 is 0. The molecule has 0 saturated carbocycles. The lowest BCUT2D eigenvalue weighted by Gasteiger charge is -2.19. The van der Waals surface area contributed by atoms with E-state index in [0.29, 0.717) is 12.6 Å². The maximum absolute atomic E-state index is 11.5. The minimum absolute atomic E-state index is 0.0600. The minimum atomic E-state index is -0.176. The lowest BCUT2D eigenvalue weighted by atomic mass is 10.0. The lowest BCUT2D eigenvalue weighted by molar-refractivity contribution is -0.123. The van der Waals surface area contributed by atoms with Gasteiger partial charge in [-0.25, -0.2) is 0 Å². The summed E-state index contributed by atoms with van der Waals surface area (Å²) in [5, 5.41) is 3.14. The van der Waals surface area contributed by atoms with Crippen molar-refractivity contribution in [3.05, 3.63) is 0 Å². The largest absolute Gasteiger partial charge is 0.328 e. The average molecular weight is 172 g/mol. The first-order valence-electron chi connectivity index (χ1n) is 4.48. The number of ketones is 1. The predicted molar refractivity (Wildman–Crippen MR) is 51.0 cm³/mol. The van der Waals surface area contributed by atoms with Gasteiger partial charge in [0.2, 0.25) is 0 Å². The van der Waals surface area contributed by atoms with Gasteiger partial charge in [0.05, 0.1) is 6.04 Å². The van der Waals surface area contributed by atoms with Crippen LogP contribution in [-0.2, 0) is 4.79 Å². The Hall–Kier alpha value is -0.410. The van der Waals surface area contributed by atoms with Gasteiger partial charge in [0.25, 0.3) is 0 Å². The predicted octanol–water partition coefficient (Wildman–Crippen LogP) is 0.537. The zero-order valence-corrected chi connectivity index (χ0v) is 8.42. The van der Waals surface area contributed by atoms with Crippen molar-refractivity contribution in [3.63, 3.8) is 0 Å². The van der Waals surface area contributed by atoms with E-state index in [1.165, 1.54) is 0 Å². The normalized spacial score (nSPS) is 13.9. The molecule has 0 amide bonds. The topological polar surface area (TPSA) is 55.1 Å². The van der Waals surface area contributed by atoms with Crippen molar-refractivity contribution in [2.24, 2.45) is 11.7 Å². The number of carbonyl (C=O) groups excluding carboxylic acids is 1. The molecule has 0 saturated heterocycles. The Morgan fingerprint density at radius 1 is 1.33 bits per heavy atom. The number of rotatable bonds is 5. The fraction of sp³-hybridized carbons (Fsp3) is 0.889. The van der Waals surface area contributed by atoms with E-state index in [1.54, 1.807) is 0 Å². The van der Waals surface area contributed by atoms with E-state index in [0.717, 1.165) is 0 Å². The molecule has 3 N–H and O–H groups in total. The third-order valence-electron chi connectivity index (χ3n) is 1.68. The number of nitrogens with one attached hydrogen (secondary N) is 1. The second-order valence-electron chi connectivity index (χ2n) is 3.67. The van der Waals surface area contributed by atoms with Crippen LogP contribution in [0.25, 0.3) is 0 Å². The molecule has 0 radical (unpaired) electrons. The zero-order chi connectivity index (χ0) is 9.72. The van der Waals surface area contributed by atoms with E-state index in [4.69, 9.17) is 5.73 Å². The number of Topliss-reactive ketones (excluding diaryl/α,β-unsaturated/α-hetero) is 1. The lowest BCUT2D eigenvalue weighted by Crippen LogP contribution is -2.47. The molecular formula is C9H20N2O. The van der Waals surface area contributed by atoms with Crippen LogP contribution in [0.1, 0.15) is 27.7 Å². The van der Waals surface area contributed by atoms with E-state index in [1.807, 2.05) is 27.7 Å². The Kier molecular flexibility index (Phi) is 5.09. The minimum Gasteiger partial charge on any atom is -0.328 e. The van der Waals surface area contributed by atoms with Crippen LogP contribution in [0.5, 0.6) is 0 Å². The van der Waals surface area contributed by atoms with Crippen LogP contribution >= 0.6 is 0 Å². The molecule has 0 unspecified atom stereocenters. The quantitative estimate of drug-likeness (QED) is 0.636. The van der Waals surface area contributed by atoms with Gasteiger partial charge in [0.15, 0.2) is 5.78 Å². The van der Waals surface area contributed by atoms with Gasteiger partial charge in [-0.1, -0.05) is 27.7 Å². The van der Waals surface area contributed by atoms with Crippen LogP contribution in [0.15, 0.2) is 0 Å². The first-order valence-corrected chi connectivity index (χ1v) is 4.48. The Labute approximate surface area is 74.7 Å². The smallest absolute Gasteiger partial charge is 0.153 e. The monoisotopic (exact) mass is 172 g/mol. The molecule has 0 bridgehead atoms. The second-order valence-corrected chi connectivity index (χ2v) is 3.67. The summed E-state index contributed by atoms with van der Waals surface area (Å²) in [5.74, 6) is 0.260. The highest BCUT2D eigenvalue weighted by Crippen LogP contribution is 1.99. The molecule has 3 nitrogen and oxygen atoms in total. The van der Waals surface area contributed by atoms with Crippen LogP contribution in [0, 0.1) is 5.92 Å². The highest BCUT2D eigenvalue weighted by atomic mass is 16.1. The second kappa shape index (κ2) is 5.27. The standard InChI is InChI=1S/C9H20N2O/c1-6(2)9(12)8(5-10)11-7(3)4/h6-8,11H,5,10H2,1-4H3/t8-/m1/s1. The zero-order valence-electron chi connectivity index (χ0n) is 8.42. The molecule has 1 atom stereocenters. The van der Waals surface area contributed by atoms with Gasteiger partial charge in [-0.15, -0.1) is 0 Å². The van der Waals surface area contributed by atoms with Crippen molar-refractivity contribution in [1.29, 1.82) is 0 Å². The summed E-state index contributed by atoms with van der Waals surface area (Å²) in [5.41, 5.74) is 5.48. The van der Waals surface area contributed by atoms with Crippen LogP contribution < -0.4 is 11.1 Å². The van der Waals surface area contributed by atoms with Gasteiger partial charge in [0.1, 0.15) is 0 Å². The maximum Gasteiger partial charge on any atom is 0.153 e. The molecule has 0 aromatic carbocycles. The molecule has 0 aromatic rings. The Morgan fingerprint density at radius 3 is 2.08 bits per heavy atom. The summed E-state index contributed by atoms with van der Waals surface area (Å²) < 4.78 is 0. The number of hydrogen-bond acceptors (Lipinski definition) is 3. The number of hydrogen-bond donors (Lipinski definition) is 2. The van der Waals surface area contributed by atoms with Gasteiger partial charge in [0, 0.05) is 18.5 Å². The molecule has 0 fully saturated rings. The van der Waals surface area contributed by atoms with Crippen LogP contribution in [-0.4, -0.2) is 24.4 Å². The summed E-state index contributed by atoms with van der Waals surface area (Å²) in [7, 11) is 0. The van der Waals surface area contributed by atoms with Gasteiger partial charge in [-0.3, -0.25) is 4.79 Å². The molecule has 0 aliphatic heterocycles. The Morgan fingerprint density at radius 2 is 1.83 bits per heavy atom. The molecular weight excluding hydrogens is 152 g/mol. The van der Waals surface area contributed by atoms with Crippen molar-refractivity contribution in [3.8, 4) is 0 Å². The average Bonchev–Trinajstić information content (AvgIpc) is 1.98. The molecule has 3 heteroatoms. The van der Waals surface area contributed by atoms with Crippen molar-refractivity contribution >= 4 is 5.78 Å². The van der Waals surface area contributed by atoms with E-state index < -0.39 is 0 Å². The Balaban J connectivity index is 4.06. The van der Waals surface area contributed by atoms with Crippen LogP contribution in [0.2, 0.25) is 0 Å². The van der Waals surface area contributed by atoms with E-state index >= 15 is 0 Å². The van der Waals surface area contributed by atoms with Crippen LogP contribution in [0.4, 0.5) is 0 Å². The highest BCUT2D eigenvalue weighted by molar-refractivity contribution is 5.85. The van der Waals surface area contributed by atoms with Gasteiger partial charge >= 0.3 is 0 Å². The third-order valence-corrected chi connectivity index (χ3v) is 1.68. The van der Waals surface area contributed by atoms with Gasteiger partial charge < -0.3 is 11.1 Å². The Bertz CT molecular complexity index is 143. The van der Waals surface area contributed by atoms with E-state index in [9.17, 15) is 4.79 Å². The number of nitrogens with two attached hydrogens (primary N) is 1. The highest BCUT2D eigenvalue weighted by Gasteiger charge is 2.19. The maximum atomic E-state index is 11.5. The van der Waals surface area contributed by atoms with Crippen molar-refractivity contribution in [1.82, 2.24) is 5.32 Å². The summed E-state index contributed by atoms with van der Waals surface area (Å²) in [4.78, 5) is 11.5. The molecule has 72 valence electrons. The number of carbonyl (C=O) groups is 1. The van der Waals surface area contributed by atoms with Crippen molar-refractivity contribution in [2.75, 3.05) is 6.54 Å². The fourth-order valence-electron chi connectivity index (χ4n) is 1.07. The van der Waals surface area contributed by atoms with E-state index in [-0.39, 0.29) is 17.7 Å². The molecule has 0 heterocycles. The van der Waals surface area contributed by atoms with Gasteiger partial charge in [-0.2, -0.15) is 0 Å². The SMILES string of the molecule is CC(C)N[C@H](CN)C(=O)C(C)C. The fourth-order valence-corrected chi connectivity index (χ4v) is 1.07. The van der Waals surface area contributed by atoms with Crippen LogP contribution in [0.3, 0.4) is 0 Å². The first kappa shape index (κ1) is 11.6. The van der Waals surface area contributed by atoms with E-state index in [2.05, 4.69) is 5.32 Å². The third kappa shape index (κ3) is 3.83. The summed E-state index contributed by atoms with van der Waals surface area (Å²) in [6.45, 7) is 8.20. The molecule has 0 rings (SSSR count). The molecule has 0 aromatic heterocycles. The summed E-state index contributed by atoms with van der Waals surface area (Å²) in [6.07, 6.45) is 0. The molecule has 0 aliphatic rings. The van der Waals surface area contributed by atoms with Gasteiger partial charge in [-0.05, 0) is 0 Å². The molecule has 0 aliphatic carbocycles. The first-order chi connectivity index (χ1) is 5.49. The van der Waals surface area contributed by atoms with Crippen molar-refractivity contribution in [2.45, 2.75) is 39.8 Å². The molecule has 12 heavy (non-hydrogen) atoms. The molecule has 0 spiro atoms.